The second-order valence-electron chi connectivity index (χ2n) is 6.99. The molecular formula is C23H15ClN2O5S. The molecule has 2 heterocycles. The fraction of sp³-hybridized carbons (Fsp3) is 0.0870. The number of fused-ring (bicyclic) bond motifs is 3. The van der Waals surface area contributed by atoms with Gasteiger partial charge in [0.25, 0.3) is 5.91 Å². The maximum absolute atomic E-state index is 13.1. The molecule has 0 radical (unpaired) electrons. The molecule has 1 amide bonds. The summed E-state index contributed by atoms with van der Waals surface area (Å²) in [4.78, 5) is 40.9. The number of amides is 1. The summed E-state index contributed by atoms with van der Waals surface area (Å²) in [5, 5.41) is 0.490. The molecule has 0 fully saturated rings. The van der Waals surface area contributed by atoms with Crippen molar-refractivity contribution in [3.63, 3.8) is 0 Å². The zero-order valence-electron chi connectivity index (χ0n) is 16.5. The Morgan fingerprint density at radius 1 is 0.969 bits per heavy atom. The predicted octanol–water partition coefficient (Wildman–Crippen LogP) is 4.62. The number of ether oxygens (including phenoxy) is 1. The number of hydrogen-bond acceptors (Lipinski definition) is 6. The first-order chi connectivity index (χ1) is 15.5. The number of anilines is 2. The van der Waals surface area contributed by atoms with Crippen LogP contribution < -0.4 is 10.7 Å². The quantitative estimate of drug-likeness (QED) is 0.408. The second kappa shape index (κ2) is 8.22. The molecule has 0 bridgehead atoms. The highest BCUT2D eigenvalue weighted by Crippen LogP contribution is 2.48. The molecule has 5 rings (SSSR count). The van der Waals surface area contributed by atoms with Crippen molar-refractivity contribution in [1.29, 1.82) is 0 Å². The van der Waals surface area contributed by atoms with Crippen LogP contribution in [0.15, 0.2) is 85.7 Å². The fourth-order valence-corrected chi connectivity index (χ4v) is 4.75. The van der Waals surface area contributed by atoms with Crippen LogP contribution in [-0.4, -0.2) is 23.1 Å². The smallest absolute Gasteiger partial charge is 0.420 e. The maximum Gasteiger partial charge on any atom is 0.420 e. The van der Waals surface area contributed by atoms with Gasteiger partial charge in [0, 0.05) is 14.8 Å². The van der Waals surface area contributed by atoms with Gasteiger partial charge in [-0.1, -0.05) is 47.6 Å². The molecule has 0 saturated heterocycles. The van der Waals surface area contributed by atoms with E-state index in [0.717, 1.165) is 9.79 Å². The number of carbonyl (C=O) groups excluding carboxylic acids is 2. The Bertz CT molecular complexity index is 1430. The molecule has 3 aromatic carbocycles. The van der Waals surface area contributed by atoms with Crippen LogP contribution in [-0.2, 0) is 20.9 Å². The third-order valence-corrected chi connectivity index (χ3v) is 6.32. The van der Waals surface area contributed by atoms with Crippen LogP contribution in [0.1, 0.15) is 0 Å². The number of carbonyl (C=O) groups is 2. The minimum atomic E-state index is -0.724. The van der Waals surface area contributed by atoms with E-state index in [0.29, 0.717) is 27.5 Å². The van der Waals surface area contributed by atoms with E-state index in [9.17, 15) is 14.4 Å². The van der Waals surface area contributed by atoms with Crippen molar-refractivity contribution >= 4 is 57.7 Å². The molecule has 0 spiro atoms. The minimum Gasteiger partial charge on any atom is -0.454 e. The van der Waals surface area contributed by atoms with E-state index in [-0.39, 0.29) is 6.54 Å². The third kappa shape index (κ3) is 3.68. The normalized spacial score (nSPS) is 12.3. The van der Waals surface area contributed by atoms with Gasteiger partial charge in [-0.05, 0) is 42.5 Å². The molecule has 1 aliphatic rings. The Hall–Kier alpha value is -3.49. The van der Waals surface area contributed by atoms with Crippen LogP contribution in [0.2, 0.25) is 5.02 Å². The summed E-state index contributed by atoms with van der Waals surface area (Å²) >= 11 is 7.70. The molecular weight excluding hydrogens is 452 g/mol. The van der Waals surface area contributed by atoms with E-state index >= 15 is 0 Å². The molecule has 7 nitrogen and oxygen atoms in total. The second-order valence-corrected chi connectivity index (χ2v) is 8.51. The lowest BCUT2D eigenvalue weighted by Gasteiger charge is -2.31. The van der Waals surface area contributed by atoms with Crippen molar-refractivity contribution in [1.82, 2.24) is 4.57 Å². The average molecular weight is 467 g/mol. The molecule has 0 saturated carbocycles. The number of rotatable bonds is 4. The van der Waals surface area contributed by atoms with Gasteiger partial charge in [-0.25, -0.2) is 4.79 Å². The Kier molecular flexibility index (Phi) is 5.24. The van der Waals surface area contributed by atoms with E-state index in [1.807, 2.05) is 30.3 Å². The first kappa shape index (κ1) is 20.4. The topological polar surface area (TPSA) is 81.7 Å². The number of para-hydroxylation sites is 3. The summed E-state index contributed by atoms with van der Waals surface area (Å²) in [5.74, 6) is -1.82. The lowest BCUT2D eigenvalue weighted by molar-refractivity contribution is -0.148. The van der Waals surface area contributed by atoms with Crippen molar-refractivity contribution in [2.24, 2.45) is 0 Å². The molecule has 0 N–H and O–H groups in total. The van der Waals surface area contributed by atoms with Crippen LogP contribution in [0.5, 0.6) is 0 Å². The summed E-state index contributed by atoms with van der Waals surface area (Å²) in [5.41, 5.74) is 2.16. The summed E-state index contributed by atoms with van der Waals surface area (Å²) in [7, 11) is 0. The molecule has 0 aliphatic carbocycles. The molecule has 4 aromatic rings. The first-order valence-electron chi connectivity index (χ1n) is 9.64. The SMILES string of the molecule is O=C(Cn1c(=O)oc2ccccc21)OCC(=O)N1c2ccccc2Sc2ccc(Cl)cc21. The van der Waals surface area contributed by atoms with Gasteiger partial charge in [-0.3, -0.25) is 19.1 Å². The van der Waals surface area contributed by atoms with Gasteiger partial charge in [-0.2, -0.15) is 0 Å². The van der Waals surface area contributed by atoms with Gasteiger partial charge in [0.15, 0.2) is 12.2 Å². The lowest BCUT2D eigenvalue weighted by atomic mass is 10.2. The van der Waals surface area contributed by atoms with E-state index < -0.39 is 24.2 Å². The Balaban J connectivity index is 1.36. The highest BCUT2D eigenvalue weighted by atomic mass is 35.5. The van der Waals surface area contributed by atoms with Crippen LogP contribution in [0.3, 0.4) is 0 Å². The number of benzene rings is 3. The van der Waals surface area contributed by atoms with E-state index in [1.165, 1.54) is 21.2 Å². The van der Waals surface area contributed by atoms with Crippen LogP contribution in [0, 0.1) is 0 Å². The number of oxazole rings is 1. The van der Waals surface area contributed by atoms with Crippen molar-refractivity contribution in [2.75, 3.05) is 11.5 Å². The number of esters is 1. The Labute approximate surface area is 191 Å². The van der Waals surface area contributed by atoms with E-state index in [4.69, 9.17) is 20.8 Å². The van der Waals surface area contributed by atoms with Crippen LogP contribution >= 0.6 is 23.4 Å². The lowest BCUT2D eigenvalue weighted by Crippen LogP contribution is -2.33. The molecule has 9 heteroatoms. The Morgan fingerprint density at radius 2 is 1.72 bits per heavy atom. The molecule has 160 valence electrons. The van der Waals surface area contributed by atoms with Crippen molar-refractivity contribution < 1.29 is 18.7 Å². The Morgan fingerprint density at radius 3 is 2.59 bits per heavy atom. The summed E-state index contributed by atoms with van der Waals surface area (Å²) in [6, 6.07) is 19.5. The highest BCUT2D eigenvalue weighted by molar-refractivity contribution is 7.99. The predicted molar refractivity (Wildman–Crippen MR) is 121 cm³/mol. The summed E-state index contributed by atoms with van der Waals surface area (Å²) in [6.07, 6.45) is 0. The zero-order chi connectivity index (χ0) is 22.2. The van der Waals surface area contributed by atoms with Crippen molar-refractivity contribution in [3.8, 4) is 0 Å². The summed E-state index contributed by atoms with van der Waals surface area (Å²) < 4.78 is 11.5. The molecule has 0 unspecified atom stereocenters. The van der Waals surface area contributed by atoms with Gasteiger partial charge in [0.2, 0.25) is 0 Å². The standard InChI is InChI=1S/C23H15ClN2O5S/c24-14-9-10-20-17(11-14)26(16-6-2-4-8-19(16)32-20)21(27)13-30-22(28)12-25-15-5-1-3-7-18(15)31-23(25)29/h1-11H,12-13H2. The number of aromatic nitrogens is 1. The number of hydrogen-bond donors (Lipinski definition) is 0. The largest absolute Gasteiger partial charge is 0.454 e. The molecule has 32 heavy (non-hydrogen) atoms. The summed E-state index contributed by atoms with van der Waals surface area (Å²) in [6.45, 7) is -0.855. The van der Waals surface area contributed by atoms with Gasteiger partial charge in [-0.15, -0.1) is 0 Å². The van der Waals surface area contributed by atoms with Crippen LogP contribution in [0.25, 0.3) is 11.1 Å². The van der Waals surface area contributed by atoms with Crippen LogP contribution in [0.4, 0.5) is 11.4 Å². The zero-order valence-corrected chi connectivity index (χ0v) is 18.1. The van der Waals surface area contributed by atoms with Gasteiger partial charge in [0.1, 0.15) is 6.54 Å². The average Bonchev–Trinajstić information content (AvgIpc) is 3.11. The van der Waals surface area contributed by atoms with Gasteiger partial charge >= 0.3 is 11.7 Å². The molecule has 1 aromatic heterocycles. The van der Waals surface area contributed by atoms with E-state index in [1.54, 1.807) is 36.4 Å². The third-order valence-electron chi connectivity index (χ3n) is 4.95. The minimum absolute atomic E-state index is 0.363. The highest BCUT2D eigenvalue weighted by Gasteiger charge is 2.29. The van der Waals surface area contributed by atoms with Crippen molar-refractivity contribution in [2.45, 2.75) is 16.3 Å². The monoisotopic (exact) mass is 466 g/mol. The van der Waals surface area contributed by atoms with E-state index in [2.05, 4.69) is 0 Å². The maximum atomic E-state index is 13.1. The van der Waals surface area contributed by atoms with Crippen molar-refractivity contribution in [3.05, 3.63) is 82.3 Å². The molecule has 1 aliphatic heterocycles. The first-order valence-corrected chi connectivity index (χ1v) is 10.8. The number of nitrogens with zero attached hydrogens (tertiary/aromatic N) is 2. The fourth-order valence-electron chi connectivity index (χ4n) is 3.54. The number of halogens is 1. The molecule has 0 atom stereocenters. The van der Waals surface area contributed by atoms with Gasteiger partial charge < -0.3 is 9.15 Å². The van der Waals surface area contributed by atoms with Gasteiger partial charge in [0.05, 0.1) is 16.9 Å².